The van der Waals surface area contributed by atoms with Gasteiger partial charge in [-0.1, -0.05) is 59.8 Å². The molecule has 2 atom stereocenters. The van der Waals surface area contributed by atoms with Gasteiger partial charge in [-0.25, -0.2) is 9.07 Å². The van der Waals surface area contributed by atoms with Gasteiger partial charge in [-0.15, -0.1) is 5.10 Å². The Kier molecular flexibility index (Phi) is 8.27. The lowest BCUT2D eigenvalue weighted by molar-refractivity contribution is -0.141. The minimum atomic E-state index is -1.17. The molecule has 5 rings (SSSR count). The molecule has 1 fully saturated rings. The van der Waals surface area contributed by atoms with Crippen LogP contribution in [0.1, 0.15) is 35.6 Å². The van der Waals surface area contributed by atoms with Gasteiger partial charge in [0.1, 0.15) is 23.9 Å². The minimum Gasteiger partial charge on any atom is -0.376 e. The molecule has 8 nitrogen and oxygen atoms in total. The first-order chi connectivity index (χ1) is 19.0. The van der Waals surface area contributed by atoms with E-state index in [0.29, 0.717) is 30.6 Å². The number of carbonyl (C=O) groups is 2. The Bertz CT molecular complexity index is 1450. The van der Waals surface area contributed by atoms with Crippen LogP contribution in [0.25, 0.3) is 11.0 Å². The molecular weight excluding hydrogens is 497 g/mol. The van der Waals surface area contributed by atoms with Crippen LogP contribution < -0.4 is 5.32 Å². The number of nitrogens with zero attached hydrogens (tertiary/aromatic N) is 4. The Hall–Kier alpha value is -4.11. The summed E-state index contributed by atoms with van der Waals surface area (Å²) in [5.41, 5.74) is 3.64. The zero-order valence-electron chi connectivity index (χ0n) is 21.9. The van der Waals surface area contributed by atoms with E-state index in [1.54, 1.807) is 18.2 Å². The van der Waals surface area contributed by atoms with Crippen molar-refractivity contribution in [3.63, 3.8) is 0 Å². The molecular formula is C30H32FN5O3. The number of nitrogens with one attached hydrogen (secondary N) is 1. The first-order valence-electron chi connectivity index (χ1n) is 13.3. The Balaban J connectivity index is 1.48. The highest BCUT2D eigenvalue weighted by Gasteiger charge is 2.34. The average Bonchev–Trinajstić information content (AvgIpc) is 3.62. The first-order valence-corrected chi connectivity index (χ1v) is 13.3. The predicted octanol–water partition coefficient (Wildman–Crippen LogP) is 3.99. The smallest absolute Gasteiger partial charge is 0.247 e. The number of hydrogen-bond acceptors (Lipinski definition) is 5. The van der Waals surface area contributed by atoms with Crippen molar-refractivity contribution in [1.82, 2.24) is 25.2 Å². The maximum absolute atomic E-state index is 15.2. The van der Waals surface area contributed by atoms with E-state index in [1.807, 2.05) is 55.5 Å². The van der Waals surface area contributed by atoms with Crippen molar-refractivity contribution < 1.29 is 18.7 Å². The van der Waals surface area contributed by atoms with Crippen molar-refractivity contribution in [2.75, 3.05) is 19.7 Å². The second-order valence-electron chi connectivity index (χ2n) is 9.80. The van der Waals surface area contributed by atoms with Crippen LogP contribution in [0.3, 0.4) is 0 Å². The SMILES string of the molecule is Cc1ccccc1CCN(C(=O)Cn1nnc2ccccc21)[C@H](C(=O)NC[C@@H]1CCCO1)c1ccccc1F. The monoisotopic (exact) mass is 529 g/mol. The molecule has 2 heterocycles. The molecule has 1 aliphatic heterocycles. The van der Waals surface area contributed by atoms with E-state index in [4.69, 9.17) is 4.74 Å². The van der Waals surface area contributed by atoms with Crippen LogP contribution >= 0.6 is 0 Å². The molecule has 0 bridgehead atoms. The number of halogens is 1. The van der Waals surface area contributed by atoms with Crippen LogP contribution in [0.4, 0.5) is 4.39 Å². The summed E-state index contributed by atoms with van der Waals surface area (Å²) in [6.45, 7) is 3.04. The highest BCUT2D eigenvalue weighted by Crippen LogP contribution is 2.26. The number of amides is 2. The molecule has 1 N–H and O–H groups in total. The van der Waals surface area contributed by atoms with E-state index in [2.05, 4.69) is 15.6 Å². The van der Waals surface area contributed by atoms with E-state index in [0.717, 1.165) is 24.0 Å². The van der Waals surface area contributed by atoms with Crippen molar-refractivity contribution in [2.24, 2.45) is 0 Å². The lowest BCUT2D eigenvalue weighted by Gasteiger charge is -2.32. The molecule has 202 valence electrons. The summed E-state index contributed by atoms with van der Waals surface area (Å²) < 4.78 is 22.4. The molecule has 3 aromatic carbocycles. The summed E-state index contributed by atoms with van der Waals surface area (Å²) in [7, 11) is 0. The van der Waals surface area contributed by atoms with Gasteiger partial charge in [-0.2, -0.15) is 0 Å². The fraction of sp³-hybridized carbons (Fsp3) is 0.333. The summed E-state index contributed by atoms with van der Waals surface area (Å²) in [5.74, 6) is -1.35. The molecule has 9 heteroatoms. The molecule has 1 aromatic heterocycles. The molecule has 39 heavy (non-hydrogen) atoms. The second-order valence-corrected chi connectivity index (χ2v) is 9.80. The number of rotatable bonds is 10. The van der Waals surface area contributed by atoms with Crippen molar-refractivity contribution in [2.45, 2.75) is 44.9 Å². The molecule has 2 amide bonds. The predicted molar refractivity (Wildman–Crippen MR) is 145 cm³/mol. The van der Waals surface area contributed by atoms with E-state index in [1.165, 1.54) is 15.6 Å². The van der Waals surface area contributed by atoms with Crippen LogP contribution in [0.15, 0.2) is 72.8 Å². The summed E-state index contributed by atoms with van der Waals surface area (Å²) in [4.78, 5) is 29.2. The Morgan fingerprint density at radius 1 is 1.10 bits per heavy atom. The van der Waals surface area contributed by atoms with E-state index in [9.17, 15) is 9.59 Å². The molecule has 0 radical (unpaired) electrons. The van der Waals surface area contributed by atoms with Crippen LogP contribution in [0, 0.1) is 12.7 Å². The van der Waals surface area contributed by atoms with Gasteiger partial charge in [0.25, 0.3) is 0 Å². The highest BCUT2D eigenvalue weighted by atomic mass is 19.1. The molecule has 1 saturated heterocycles. The van der Waals surface area contributed by atoms with Gasteiger partial charge in [0.05, 0.1) is 11.6 Å². The number of aromatic nitrogens is 3. The molecule has 0 spiro atoms. The third kappa shape index (κ3) is 6.15. The summed E-state index contributed by atoms with van der Waals surface area (Å²) in [5, 5.41) is 11.2. The third-order valence-electron chi connectivity index (χ3n) is 7.20. The van der Waals surface area contributed by atoms with Crippen LogP contribution in [0.5, 0.6) is 0 Å². The number of hydrogen-bond donors (Lipinski definition) is 1. The van der Waals surface area contributed by atoms with Crippen molar-refractivity contribution in [1.29, 1.82) is 0 Å². The quantitative estimate of drug-likeness (QED) is 0.336. The minimum absolute atomic E-state index is 0.0900. The number of fused-ring (bicyclic) bond motifs is 1. The first kappa shape index (κ1) is 26.5. The fourth-order valence-electron chi connectivity index (χ4n) is 5.05. The molecule has 4 aromatic rings. The van der Waals surface area contributed by atoms with Gasteiger partial charge in [0.15, 0.2) is 0 Å². The Morgan fingerprint density at radius 3 is 2.67 bits per heavy atom. The molecule has 0 aliphatic carbocycles. The normalized spacial score (nSPS) is 15.8. The topological polar surface area (TPSA) is 89.4 Å². The highest BCUT2D eigenvalue weighted by molar-refractivity contribution is 5.89. The third-order valence-corrected chi connectivity index (χ3v) is 7.20. The van der Waals surface area contributed by atoms with Crippen molar-refractivity contribution in [3.8, 4) is 0 Å². The number of carbonyl (C=O) groups excluding carboxylic acids is 2. The van der Waals surface area contributed by atoms with Gasteiger partial charge in [-0.05, 0) is 55.5 Å². The molecule has 1 aliphatic rings. The lowest BCUT2D eigenvalue weighted by atomic mass is 10.0. The van der Waals surface area contributed by atoms with Crippen LogP contribution in [-0.2, 0) is 27.3 Å². The largest absolute Gasteiger partial charge is 0.376 e. The number of aryl methyl sites for hydroxylation is 1. The van der Waals surface area contributed by atoms with Gasteiger partial charge < -0.3 is 15.0 Å². The van der Waals surface area contributed by atoms with Crippen LogP contribution in [-0.4, -0.2) is 57.5 Å². The maximum atomic E-state index is 15.2. The maximum Gasteiger partial charge on any atom is 0.247 e. The standard InChI is InChI=1S/C30H32FN5O3/c1-21-9-2-3-10-22(21)16-17-35(28(37)20-36-27-15-7-6-14-26(27)33-34-36)29(24-12-4-5-13-25(24)31)30(38)32-19-23-11-8-18-39-23/h2-7,9-10,12-15,23,29H,8,11,16-20H2,1H3,(H,32,38)/t23-,29-/m0/s1. The van der Waals surface area contributed by atoms with Gasteiger partial charge >= 0.3 is 0 Å². The zero-order valence-corrected chi connectivity index (χ0v) is 21.9. The van der Waals surface area contributed by atoms with Gasteiger partial charge in [0.2, 0.25) is 11.8 Å². The van der Waals surface area contributed by atoms with Crippen molar-refractivity contribution in [3.05, 3.63) is 95.3 Å². The zero-order chi connectivity index (χ0) is 27.2. The fourth-order valence-corrected chi connectivity index (χ4v) is 5.05. The summed E-state index contributed by atoms with van der Waals surface area (Å²) in [6.07, 6.45) is 2.19. The molecule has 0 unspecified atom stereocenters. The van der Waals surface area contributed by atoms with E-state index < -0.39 is 17.8 Å². The van der Waals surface area contributed by atoms with Crippen molar-refractivity contribution >= 4 is 22.8 Å². The van der Waals surface area contributed by atoms with E-state index >= 15 is 4.39 Å². The lowest BCUT2D eigenvalue weighted by Crippen LogP contribution is -2.47. The van der Waals surface area contributed by atoms with Crippen LogP contribution in [0.2, 0.25) is 0 Å². The summed E-state index contributed by atoms with van der Waals surface area (Å²) in [6, 6.07) is 20.2. The second kappa shape index (κ2) is 12.2. The Labute approximate surface area is 226 Å². The molecule has 0 saturated carbocycles. The number of para-hydroxylation sites is 1. The Morgan fingerprint density at radius 2 is 1.87 bits per heavy atom. The average molecular weight is 530 g/mol. The number of ether oxygens (including phenoxy) is 1. The van der Waals surface area contributed by atoms with E-state index in [-0.39, 0.29) is 30.7 Å². The summed E-state index contributed by atoms with van der Waals surface area (Å²) >= 11 is 0. The number of benzene rings is 3. The van der Waals surface area contributed by atoms with Gasteiger partial charge in [0, 0.05) is 25.3 Å². The van der Waals surface area contributed by atoms with Gasteiger partial charge in [-0.3, -0.25) is 9.59 Å².